The van der Waals surface area contributed by atoms with Gasteiger partial charge in [0.25, 0.3) is 5.91 Å². The van der Waals surface area contributed by atoms with E-state index in [9.17, 15) is 4.79 Å². The number of hydrogen-bond acceptors (Lipinski definition) is 3. The number of methoxy groups -OCH3 is 1. The van der Waals surface area contributed by atoms with Gasteiger partial charge in [0.1, 0.15) is 5.75 Å². The van der Waals surface area contributed by atoms with Gasteiger partial charge in [-0.05, 0) is 37.6 Å². The quantitative estimate of drug-likeness (QED) is 0.928. The van der Waals surface area contributed by atoms with Crippen LogP contribution in [0.5, 0.6) is 5.75 Å². The summed E-state index contributed by atoms with van der Waals surface area (Å²) in [6, 6.07) is 5.48. The number of carbonyl (C=O) groups excluding carboxylic acids is 1. The fourth-order valence-corrected chi connectivity index (χ4v) is 2.72. The largest absolute Gasteiger partial charge is 0.496 e. The Hall–Kier alpha value is -1.26. The maximum Gasteiger partial charge on any atom is 0.257 e. The van der Waals surface area contributed by atoms with Crippen LogP contribution in [-0.2, 0) is 0 Å². The number of benzene rings is 1. The summed E-state index contributed by atoms with van der Waals surface area (Å²) < 4.78 is 5.24. The second-order valence-corrected chi connectivity index (χ2v) is 5.61. The summed E-state index contributed by atoms with van der Waals surface area (Å²) in [6.45, 7) is 1.74. The average molecular weight is 297 g/mol. The third-order valence-electron chi connectivity index (χ3n) is 3.65. The molecule has 4 nitrogen and oxygen atoms in total. The lowest BCUT2D eigenvalue weighted by molar-refractivity contribution is 0.0772. The predicted molar refractivity (Wildman–Crippen MR) is 80.6 cm³/mol. The Bertz CT molecular complexity index is 473. The molecule has 0 spiro atoms. The summed E-state index contributed by atoms with van der Waals surface area (Å²) >= 11 is 5.98. The van der Waals surface area contributed by atoms with Crippen molar-refractivity contribution in [1.82, 2.24) is 10.2 Å². The van der Waals surface area contributed by atoms with Crippen LogP contribution in [0.25, 0.3) is 0 Å². The lowest BCUT2D eigenvalue weighted by Gasteiger charge is -2.28. The third-order valence-corrected chi connectivity index (χ3v) is 3.88. The van der Waals surface area contributed by atoms with Crippen molar-refractivity contribution in [2.24, 2.45) is 0 Å². The molecule has 5 heteroatoms. The average Bonchev–Trinajstić information content (AvgIpc) is 2.47. The highest BCUT2D eigenvalue weighted by Gasteiger charge is 2.21. The highest BCUT2D eigenvalue weighted by molar-refractivity contribution is 6.31. The van der Waals surface area contributed by atoms with Crippen LogP contribution in [0.4, 0.5) is 0 Å². The van der Waals surface area contributed by atoms with Gasteiger partial charge < -0.3 is 15.0 Å². The Morgan fingerprint density at radius 1 is 1.50 bits per heavy atom. The van der Waals surface area contributed by atoms with Crippen molar-refractivity contribution in [3.63, 3.8) is 0 Å². The van der Waals surface area contributed by atoms with Crippen LogP contribution in [0, 0.1) is 0 Å². The van der Waals surface area contributed by atoms with E-state index in [1.807, 2.05) is 7.05 Å². The van der Waals surface area contributed by atoms with E-state index < -0.39 is 0 Å². The monoisotopic (exact) mass is 296 g/mol. The van der Waals surface area contributed by atoms with Crippen molar-refractivity contribution < 1.29 is 9.53 Å². The van der Waals surface area contributed by atoms with Crippen LogP contribution < -0.4 is 10.1 Å². The second kappa shape index (κ2) is 6.95. The predicted octanol–water partition coefficient (Wildman–Crippen LogP) is 2.56. The summed E-state index contributed by atoms with van der Waals surface area (Å²) in [5, 5.41) is 3.99. The van der Waals surface area contributed by atoms with Crippen LogP contribution >= 0.6 is 11.6 Å². The summed E-state index contributed by atoms with van der Waals surface area (Å²) in [5.74, 6) is 0.500. The van der Waals surface area contributed by atoms with E-state index in [4.69, 9.17) is 16.3 Å². The number of piperidine rings is 1. The van der Waals surface area contributed by atoms with Gasteiger partial charge in [-0.25, -0.2) is 0 Å². The molecule has 0 aromatic heterocycles. The van der Waals surface area contributed by atoms with E-state index in [-0.39, 0.29) is 5.91 Å². The molecule has 0 aliphatic carbocycles. The number of nitrogens with zero attached hydrogens (tertiary/aromatic N) is 1. The Kier molecular flexibility index (Phi) is 5.26. The van der Waals surface area contributed by atoms with Crippen LogP contribution in [0.2, 0.25) is 5.02 Å². The fourth-order valence-electron chi connectivity index (χ4n) is 2.55. The van der Waals surface area contributed by atoms with Gasteiger partial charge in [0.05, 0.1) is 12.7 Å². The Morgan fingerprint density at radius 2 is 2.30 bits per heavy atom. The first-order valence-corrected chi connectivity index (χ1v) is 7.32. The van der Waals surface area contributed by atoms with Gasteiger partial charge in [-0.1, -0.05) is 18.0 Å². The second-order valence-electron chi connectivity index (χ2n) is 5.18. The number of carbonyl (C=O) groups is 1. The van der Waals surface area contributed by atoms with Gasteiger partial charge in [0.2, 0.25) is 0 Å². The molecule has 1 aromatic rings. The van der Waals surface area contributed by atoms with Crippen molar-refractivity contribution in [3.8, 4) is 5.75 Å². The van der Waals surface area contributed by atoms with Gasteiger partial charge in [-0.15, -0.1) is 0 Å². The highest BCUT2D eigenvalue weighted by atomic mass is 35.5. The molecule has 1 N–H and O–H groups in total. The molecule has 110 valence electrons. The standard InChI is InChI=1S/C15H21ClN2O2/c1-18(10-12-5-3-4-8-17-12)15(19)13-9-11(16)6-7-14(13)20-2/h6-7,9,12,17H,3-5,8,10H2,1-2H3. The molecule has 0 saturated carbocycles. The minimum Gasteiger partial charge on any atom is -0.496 e. The summed E-state index contributed by atoms with van der Waals surface area (Å²) in [7, 11) is 3.38. The van der Waals surface area contributed by atoms with E-state index in [1.165, 1.54) is 12.8 Å². The van der Waals surface area contributed by atoms with Crippen molar-refractivity contribution in [2.45, 2.75) is 25.3 Å². The van der Waals surface area contributed by atoms with Crippen LogP contribution in [0.1, 0.15) is 29.6 Å². The molecular formula is C15H21ClN2O2. The minimum atomic E-state index is -0.0586. The molecule has 1 aromatic carbocycles. The topological polar surface area (TPSA) is 41.6 Å². The molecule has 20 heavy (non-hydrogen) atoms. The summed E-state index contributed by atoms with van der Waals surface area (Å²) in [5.41, 5.74) is 0.512. The van der Waals surface area contributed by atoms with Crippen molar-refractivity contribution in [1.29, 1.82) is 0 Å². The van der Waals surface area contributed by atoms with E-state index in [1.54, 1.807) is 30.2 Å². The van der Waals surface area contributed by atoms with Gasteiger partial charge in [-0.2, -0.15) is 0 Å². The maximum atomic E-state index is 12.5. The molecule has 0 radical (unpaired) electrons. The molecule has 2 rings (SSSR count). The normalized spacial score (nSPS) is 18.6. The molecule has 1 heterocycles. The molecule has 1 aliphatic heterocycles. The molecule has 1 aliphatic rings. The number of likely N-dealkylation sites (N-methyl/N-ethyl adjacent to an activating group) is 1. The zero-order chi connectivity index (χ0) is 14.5. The number of ether oxygens (including phenoxy) is 1. The van der Waals surface area contributed by atoms with E-state index in [0.717, 1.165) is 13.0 Å². The first-order chi connectivity index (χ1) is 9.61. The number of amides is 1. The molecule has 1 saturated heterocycles. The smallest absolute Gasteiger partial charge is 0.257 e. The van der Waals surface area contributed by atoms with E-state index >= 15 is 0 Å². The van der Waals surface area contributed by atoms with Crippen LogP contribution in [-0.4, -0.2) is 44.1 Å². The Balaban J connectivity index is 2.07. The minimum absolute atomic E-state index is 0.0586. The Morgan fingerprint density at radius 3 is 2.95 bits per heavy atom. The van der Waals surface area contributed by atoms with Gasteiger partial charge >= 0.3 is 0 Å². The first-order valence-electron chi connectivity index (χ1n) is 6.94. The molecule has 0 bridgehead atoms. The van der Waals surface area contributed by atoms with Crippen LogP contribution in [0.3, 0.4) is 0 Å². The first kappa shape index (κ1) is 15.1. The van der Waals surface area contributed by atoms with Gasteiger partial charge in [0.15, 0.2) is 0 Å². The Labute approximate surface area is 125 Å². The zero-order valence-electron chi connectivity index (χ0n) is 12.0. The SMILES string of the molecule is COc1ccc(Cl)cc1C(=O)N(C)CC1CCCCN1. The molecule has 1 atom stereocenters. The summed E-state index contributed by atoms with van der Waals surface area (Å²) in [6.07, 6.45) is 3.56. The highest BCUT2D eigenvalue weighted by Crippen LogP contribution is 2.24. The van der Waals surface area contributed by atoms with Gasteiger partial charge in [-0.3, -0.25) is 4.79 Å². The third kappa shape index (κ3) is 3.64. The molecule has 1 unspecified atom stereocenters. The number of halogens is 1. The van der Waals surface area contributed by atoms with E-state index in [2.05, 4.69) is 5.32 Å². The van der Waals surface area contributed by atoms with E-state index in [0.29, 0.717) is 28.9 Å². The van der Waals surface area contributed by atoms with Crippen molar-refractivity contribution in [3.05, 3.63) is 28.8 Å². The number of rotatable bonds is 4. The van der Waals surface area contributed by atoms with Gasteiger partial charge in [0, 0.05) is 24.7 Å². The fraction of sp³-hybridized carbons (Fsp3) is 0.533. The zero-order valence-corrected chi connectivity index (χ0v) is 12.7. The van der Waals surface area contributed by atoms with Crippen LogP contribution in [0.15, 0.2) is 18.2 Å². The lowest BCUT2D eigenvalue weighted by Crippen LogP contribution is -2.44. The molecule has 1 amide bonds. The molecule has 1 fully saturated rings. The molecular weight excluding hydrogens is 276 g/mol. The summed E-state index contributed by atoms with van der Waals surface area (Å²) in [4.78, 5) is 14.2. The van der Waals surface area contributed by atoms with Crippen molar-refractivity contribution >= 4 is 17.5 Å². The lowest BCUT2D eigenvalue weighted by atomic mass is 10.0. The van der Waals surface area contributed by atoms with Crippen molar-refractivity contribution in [2.75, 3.05) is 27.2 Å². The maximum absolute atomic E-state index is 12.5. The number of hydrogen-bond donors (Lipinski definition) is 1. The number of nitrogens with one attached hydrogen (secondary N) is 1.